The molecule has 0 spiro atoms. The van der Waals surface area contributed by atoms with Crippen LogP contribution in [0.3, 0.4) is 0 Å². The molecule has 1 aromatic rings. The number of nitrogens with zero attached hydrogens (tertiary/aromatic N) is 2. The van der Waals surface area contributed by atoms with Crippen molar-refractivity contribution in [3.63, 3.8) is 0 Å². The third-order valence-corrected chi connectivity index (χ3v) is 4.25. The van der Waals surface area contributed by atoms with Crippen LogP contribution in [-0.4, -0.2) is 46.5 Å². The zero-order chi connectivity index (χ0) is 13.8. The van der Waals surface area contributed by atoms with Gasteiger partial charge in [-0.05, 0) is 24.8 Å². The summed E-state index contributed by atoms with van der Waals surface area (Å²) in [5.74, 6) is -1.22. The van der Waals surface area contributed by atoms with E-state index in [4.69, 9.17) is 5.11 Å². The summed E-state index contributed by atoms with van der Waals surface area (Å²) in [6, 6.07) is 3.92. The number of aliphatic carboxylic acids is 1. The number of carboxylic acid groups (broad SMARTS) is 1. The number of rotatable bonds is 4. The fourth-order valence-electron chi connectivity index (χ4n) is 2.24. The number of amides is 2. The molecule has 1 fully saturated rings. The molecule has 5 nitrogen and oxygen atoms in total. The minimum Gasteiger partial charge on any atom is -0.481 e. The predicted molar refractivity (Wildman–Crippen MR) is 73.1 cm³/mol. The van der Waals surface area contributed by atoms with Crippen LogP contribution in [0, 0.1) is 5.92 Å². The minimum absolute atomic E-state index is 0.0559. The smallest absolute Gasteiger partial charge is 0.320 e. The van der Waals surface area contributed by atoms with Crippen LogP contribution in [-0.2, 0) is 11.3 Å². The maximum absolute atomic E-state index is 12.3. The molecular formula is C13H18N2O3S. The molecule has 2 amide bonds. The van der Waals surface area contributed by atoms with Crippen LogP contribution < -0.4 is 0 Å². The molecule has 0 aromatic carbocycles. The molecule has 19 heavy (non-hydrogen) atoms. The Morgan fingerprint density at radius 1 is 1.58 bits per heavy atom. The topological polar surface area (TPSA) is 60.9 Å². The first kappa shape index (κ1) is 13.9. The maximum atomic E-state index is 12.3. The van der Waals surface area contributed by atoms with Crippen molar-refractivity contribution in [2.24, 2.45) is 5.92 Å². The van der Waals surface area contributed by atoms with E-state index in [0.717, 1.165) is 4.88 Å². The second-order valence-corrected chi connectivity index (χ2v) is 5.68. The Hall–Kier alpha value is -1.56. The van der Waals surface area contributed by atoms with Crippen molar-refractivity contribution in [1.29, 1.82) is 0 Å². The summed E-state index contributed by atoms with van der Waals surface area (Å²) < 4.78 is 0. The van der Waals surface area contributed by atoms with Crippen molar-refractivity contribution in [1.82, 2.24) is 9.80 Å². The molecule has 104 valence electrons. The van der Waals surface area contributed by atoms with Gasteiger partial charge in [0.1, 0.15) is 0 Å². The summed E-state index contributed by atoms with van der Waals surface area (Å²) in [5, 5.41) is 11.0. The van der Waals surface area contributed by atoms with E-state index >= 15 is 0 Å². The summed E-state index contributed by atoms with van der Waals surface area (Å²) in [7, 11) is 0. The average Bonchev–Trinajstić information content (AvgIpc) is 3.06. The first-order chi connectivity index (χ1) is 9.11. The number of carboxylic acids is 1. The van der Waals surface area contributed by atoms with Crippen LogP contribution in [0.25, 0.3) is 0 Å². The lowest BCUT2D eigenvalue weighted by molar-refractivity contribution is -0.141. The molecule has 1 aliphatic rings. The summed E-state index contributed by atoms with van der Waals surface area (Å²) in [5.41, 5.74) is 0. The van der Waals surface area contributed by atoms with E-state index in [0.29, 0.717) is 32.6 Å². The number of thiophene rings is 1. The molecule has 6 heteroatoms. The quantitative estimate of drug-likeness (QED) is 0.920. The molecule has 1 N–H and O–H groups in total. The molecule has 1 aliphatic heterocycles. The van der Waals surface area contributed by atoms with Crippen LogP contribution in [0.5, 0.6) is 0 Å². The number of hydrogen-bond acceptors (Lipinski definition) is 3. The van der Waals surface area contributed by atoms with Gasteiger partial charge < -0.3 is 14.9 Å². The lowest BCUT2D eigenvalue weighted by Crippen LogP contribution is -2.41. The number of carbonyl (C=O) groups is 2. The fraction of sp³-hybridized carbons (Fsp3) is 0.538. The molecule has 0 aliphatic carbocycles. The highest BCUT2D eigenvalue weighted by Crippen LogP contribution is 2.19. The highest BCUT2D eigenvalue weighted by atomic mass is 32.1. The number of likely N-dealkylation sites (tertiary alicyclic amines) is 1. The summed E-state index contributed by atoms with van der Waals surface area (Å²) in [6.07, 6.45) is 0.553. The van der Waals surface area contributed by atoms with Crippen molar-refractivity contribution in [3.8, 4) is 0 Å². The standard InChI is InChI=1S/C13H18N2O3S/c1-2-14(9-11-4-3-7-19-11)13(18)15-6-5-10(8-15)12(16)17/h3-4,7,10H,2,5-6,8-9H2,1H3,(H,16,17). The van der Waals surface area contributed by atoms with Gasteiger partial charge >= 0.3 is 12.0 Å². The molecule has 1 saturated heterocycles. The van der Waals surface area contributed by atoms with Crippen LogP contribution in [0.4, 0.5) is 4.79 Å². The van der Waals surface area contributed by atoms with Crippen LogP contribution in [0.15, 0.2) is 17.5 Å². The summed E-state index contributed by atoms with van der Waals surface area (Å²) >= 11 is 1.63. The van der Waals surface area contributed by atoms with E-state index < -0.39 is 11.9 Å². The zero-order valence-corrected chi connectivity index (χ0v) is 11.7. The lowest BCUT2D eigenvalue weighted by Gasteiger charge is -2.26. The van der Waals surface area contributed by atoms with Gasteiger partial charge in [-0.25, -0.2) is 4.79 Å². The summed E-state index contributed by atoms with van der Waals surface area (Å²) in [6.45, 7) is 4.04. The number of carbonyl (C=O) groups excluding carboxylic acids is 1. The van der Waals surface area contributed by atoms with Crippen molar-refractivity contribution >= 4 is 23.3 Å². The Bertz CT molecular complexity index is 447. The van der Waals surface area contributed by atoms with Gasteiger partial charge in [0.25, 0.3) is 0 Å². The fourth-order valence-corrected chi connectivity index (χ4v) is 2.96. The van der Waals surface area contributed by atoms with Gasteiger partial charge in [0, 0.05) is 24.5 Å². The molecule has 2 rings (SSSR count). The van der Waals surface area contributed by atoms with E-state index in [1.54, 1.807) is 21.1 Å². The van der Waals surface area contributed by atoms with Gasteiger partial charge in [-0.15, -0.1) is 11.3 Å². The second kappa shape index (κ2) is 6.06. The first-order valence-corrected chi connectivity index (χ1v) is 7.28. The first-order valence-electron chi connectivity index (χ1n) is 6.40. The molecule has 1 atom stereocenters. The van der Waals surface area contributed by atoms with E-state index in [1.165, 1.54) is 0 Å². The number of hydrogen-bond donors (Lipinski definition) is 1. The normalized spacial score (nSPS) is 18.6. The van der Waals surface area contributed by atoms with Gasteiger partial charge in [-0.1, -0.05) is 6.07 Å². The van der Waals surface area contributed by atoms with Gasteiger partial charge in [0.2, 0.25) is 0 Å². The zero-order valence-electron chi connectivity index (χ0n) is 10.9. The Labute approximate surface area is 116 Å². The van der Waals surface area contributed by atoms with E-state index in [1.807, 2.05) is 24.4 Å². The van der Waals surface area contributed by atoms with Crippen LogP contribution in [0.1, 0.15) is 18.2 Å². The Balaban J connectivity index is 1.95. The minimum atomic E-state index is -0.809. The highest BCUT2D eigenvalue weighted by Gasteiger charge is 2.32. The predicted octanol–water partition coefficient (Wildman–Crippen LogP) is 2.10. The van der Waals surface area contributed by atoms with Gasteiger partial charge in [0.15, 0.2) is 0 Å². The monoisotopic (exact) mass is 282 g/mol. The molecule has 0 saturated carbocycles. The molecular weight excluding hydrogens is 264 g/mol. The molecule has 2 heterocycles. The molecule has 1 aromatic heterocycles. The lowest BCUT2D eigenvalue weighted by atomic mass is 10.1. The average molecular weight is 282 g/mol. The second-order valence-electron chi connectivity index (χ2n) is 4.65. The van der Waals surface area contributed by atoms with Crippen LogP contribution in [0.2, 0.25) is 0 Å². The summed E-state index contributed by atoms with van der Waals surface area (Å²) in [4.78, 5) is 27.8. The Morgan fingerprint density at radius 3 is 2.89 bits per heavy atom. The van der Waals surface area contributed by atoms with Crippen molar-refractivity contribution in [3.05, 3.63) is 22.4 Å². The Morgan fingerprint density at radius 2 is 2.37 bits per heavy atom. The van der Waals surface area contributed by atoms with E-state index in [2.05, 4.69) is 0 Å². The van der Waals surface area contributed by atoms with Crippen molar-refractivity contribution in [2.45, 2.75) is 19.9 Å². The van der Waals surface area contributed by atoms with Crippen molar-refractivity contribution < 1.29 is 14.7 Å². The SMILES string of the molecule is CCN(Cc1cccs1)C(=O)N1CCC(C(=O)O)C1. The highest BCUT2D eigenvalue weighted by molar-refractivity contribution is 7.09. The van der Waals surface area contributed by atoms with Gasteiger partial charge in [-0.2, -0.15) is 0 Å². The Kier molecular flexibility index (Phi) is 4.42. The largest absolute Gasteiger partial charge is 0.481 e. The third kappa shape index (κ3) is 3.26. The van der Waals surface area contributed by atoms with Gasteiger partial charge in [-0.3, -0.25) is 4.79 Å². The van der Waals surface area contributed by atoms with Crippen LogP contribution >= 0.6 is 11.3 Å². The van der Waals surface area contributed by atoms with E-state index in [-0.39, 0.29) is 6.03 Å². The third-order valence-electron chi connectivity index (χ3n) is 3.39. The number of urea groups is 1. The van der Waals surface area contributed by atoms with Gasteiger partial charge in [0.05, 0.1) is 12.5 Å². The van der Waals surface area contributed by atoms with Crippen molar-refractivity contribution in [2.75, 3.05) is 19.6 Å². The van der Waals surface area contributed by atoms with E-state index in [9.17, 15) is 9.59 Å². The molecule has 1 unspecified atom stereocenters. The molecule has 0 bridgehead atoms. The maximum Gasteiger partial charge on any atom is 0.320 e. The molecule has 0 radical (unpaired) electrons.